The molecule has 2 unspecified atom stereocenters. The fraction of sp³-hybridized carbons (Fsp3) is 0.923. The molecule has 0 amide bonds. The molecule has 0 aromatic heterocycles. The van der Waals surface area contributed by atoms with Gasteiger partial charge in [-0.3, -0.25) is 4.99 Å². The molecule has 4 heteroatoms. The minimum absolute atomic E-state index is 0.515. The van der Waals surface area contributed by atoms with Gasteiger partial charge in [0, 0.05) is 11.3 Å². The maximum atomic E-state index is 4.59. The Morgan fingerprint density at radius 1 is 1.41 bits per heavy atom. The summed E-state index contributed by atoms with van der Waals surface area (Å²) >= 11 is 1.93. The first kappa shape index (κ1) is 14.8. The van der Waals surface area contributed by atoms with Crippen LogP contribution in [0.3, 0.4) is 0 Å². The molecular formula is C13H27N3S. The lowest BCUT2D eigenvalue weighted by Gasteiger charge is -2.18. The monoisotopic (exact) mass is 257 g/mol. The van der Waals surface area contributed by atoms with E-state index in [1.165, 1.54) is 12.8 Å². The highest BCUT2D eigenvalue weighted by molar-refractivity contribution is 8.14. The Hall–Kier alpha value is -0.220. The van der Waals surface area contributed by atoms with Gasteiger partial charge in [-0.25, -0.2) is 0 Å². The van der Waals surface area contributed by atoms with Crippen LogP contribution >= 0.6 is 11.8 Å². The maximum absolute atomic E-state index is 4.59. The van der Waals surface area contributed by atoms with Crippen molar-refractivity contribution in [3.63, 3.8) is 0 Å². The van der Waals surface area contributed by atoms with Crippen LogP contribution in [0.1, 0.15) is 33.6 Å². The van der Waals surface area contributed by atoms with Gasteiger partial charge < -0.3 is 10.2 Å². The minimum Gasteiger partial charge on any atom is -0.362 e. The molecule has 1 aliphatic heterocycles. The molecule has 0 saturated carbocycles. The molecule has 0 aliphatic carbocycles. The quantitative estimate of drug-likeness (QED) is 0.792. The van der Waals surface area contributed by atoms with Gasteiger partial charge in [-0.2, -0.15) is 0 Å². The van der Waals surface area contributed by atoms with Gasteiger partial charge in [0.05, 0.1) is 6.54 Å². The van der Waals surface area contributed by atoms with Crippen molar-refractivity contribution in [3.8, 4) is 0 Å². The summed E-state index contributed by atoms with van der Waals surface area (Å²) in [4.78, 5) is 6.82. The van der Waals surface area contributed by atoms with Gasteiger partial charge in [-0.05, 0) is 46.3 Å². The number of hydrogen-bond donors (Lipinski definition) is 1. The summed E-state index contributed by atoms with van der Waals surface area (Å²) in [6.07, 6.45) is 2.44. The van der Waals surface area contributed by atoms with Gasteiger partial charge in [0.15, 0.2) is 5.17 Å². The maximum Gasteiger partial charge on any atom is 0.157 e. The average Bonchev–Trinajstić information content (AvgIpc) is 2.61. The van der Waals surface area contributed by atoms with Crippen molar-refractivity contribution in [1.82, 2.24) is 10.2 Å². The zero-order chi connectivity index (χ0) is 12.8. The Morgan fingerprint density at radius 3 is 2.71 bits per heavy atom. The number of amidine groups is 1. The SMILES string of the molecule is CC(C)CC1CN=C(NC(C)CCN(C)C)S1. The predicted octanol–water partition coefficient (Wildman–Crippen LogP) is 2.43. The van der Waals surface area contributed by atoms with E-state index in [2.05, 4.69) is 50.1 Å². The number of rotatable bonds is 6. The molecule has 1 N–H and O–H groups in total. The van der Waals surface area contributed by atoms with E-state index in [0.717, 1.165) is 24.2 Å². The third kappa shape index (κ3) is 6.32. The number of nitrogens with zero attached hydrogens (tertiary/aromatic N) is 2. The summed E-state index contributed by atoms with van der Waals surface area (Å²) in [5.41, 5.74) is 0. The molecule has 0 spiro atoms. The van der Waals surface area contributed by atoms with Gasteiger partial charge >= 0.3 is 0 Å². The molecule has 1 aliphatic rings. The van der Waals surface area contributed by atoms with Crippen LogP contribution in [0.4, 0.5) is 0 Å². The van der Waals surface area contributed by atoms with Crippen LogP contribution in [-0.4, -0.2) is 48.5 Å². The summed E-state index contributed by atoms with van der Waals surface area (Å²) in [6.45, 7) is 8.92. The van der Waals surface area contributed by atoms with Gasteiger partial charge in [0.1, 0.15) is 0 Å². The normalized spacial score (nSPS) is 22.1. The zero-order valence-corrected chi connectivity index (χ0v) is 12.7. The lowest BCUT2D eigenvalue weighted by molar-refractivity contribution is 0.379. The second-order valence-electron chi connectivity index (χ2n) is 5.65. The molecule has 1 heterocycles. The van der Waals surface area contributed by atoms with Crippen LogP contribution in [0.25, 0.3) is 0 Å². The van der Waals surface area contributed by atoms with Gasteiger partial charge in [0.25, 0.3) is 0 Å². The van der Waals surface area contributed by atoms with E-state index < -0.39 is 0 Å². The summed E-state index contributed by atoms with van der Waals surface area (Å²) < 4.78 is 0. The molecular weight excluding hydrogens is 230 g/mol. The van der Waals surface area contributed by atoms with E-state index in [0.29, 0.717) is 11.3 Å². The number of nitrogens with one attached hydrogen (secondary N) is 1. The molecule has 0 fully saturated rings. The molecule has 100 valence electrons. The minimum atomic E-state index is 0.515. The third-order valence-electron chi connectivity index (χ3n) is 2.83. The molecule has 2 atom stereocenters. The van der Waals surface area contributed by atoms with Crippen molar-refractivity contribution in [1.29, 1.82) is 0 Å². The van der Waals surface area contributed by atoms with Crippen molar-refractivity contribution in [3.05, 3.63) is 0 Å². The third-order valence-corrected chi connectivity index (χ3v) is 3.98. The van der Waals surface area contributed by atoms with E-state index >= 15 is 0 Å². The second-order valence-corrected chi connectivity index (χ2v) is 6.94. The van der Waals surface area contributed by atoms with Crippen LogP contribution in [0.15, 0.2) is 4.99 Å². The van der Waals surface area contributed by atoms with Crippen LogP contribution in [0, 0.1) is 5.92 Å². The molecule has 17 heavy (non-hydrogen) atoms. The van der Waals surface area contributed by atoms with Crippen molar-refractivity contribution in [2.45, 2.75) is 44.9 Å². The summed E-state index contributed by atoms with van der Waals surface area (Å²) in [6, 6.07) is 0.515. The van der Waals surface area contributed by atoms with Crippen LogP contribution < -0.4 is 5.32 Å². The molecule has 0 saturated heterocycles. The Labute approximate surface area is 110 Å². The van der Waals surface area contributed by atoms with Crippen molar-refractivity contribution in [2.24, 2.45) is 10.9 Å². The highest BCUT2D eigenvalue weighted by Gasteiger charge is 2.21. The summed E-state index contributed by atoms with van der Waals surface area (Å²) in [5.74, 6) is 0.771. The van der Waals surface area contributed by atoms with Crippen LogP contribution in [0.2, 0.25) is 0 Å². The standard InChI is InChI=1S/C13H27N3S/c1-10(2)8-12-9-14-13(17-12)15-11(3)6-7-16(4)5/h10-12H,6-9H2,1-5H3,(H,14,15). The largest absolute Gasteiger partial charge is 0.362 e. The average molecular weight is 257 g/mol. The van der Waals surface area contributed by atoms with Crippen LogP contribution in [-0.2, 0) is 0 Å². The summed E-state index contributed by atoms with van der Waals surface area (Å²) in [7, 11) is 4.24. The van der Waals surface area contributed by atoms with E-state index in [9.17, 15) is 0 Å². The number of hydrogen-bond acceptors (Lipinski definition) is 4. The highest BCUT2D eigenvalue weighted by Crippen LogP contribution is 2.25. The Bertz CT molecular complexity index is 251. The Morgan fingerprint density at radius 2 is 2.12 bits per heavy atom. The molecule has 0 radical (unpaired) electrons. The Kier molecular flexibility index (Phi) is 6.34. The lowest BCUT2D eigenvalue weighted by Crippen LogP contribution is -2.32. The highest BCUT2D eigenvalue weighted by atomic mass is 32.2. The molecule has 3 nitrogen and oxygen atoms in total. The predicted molar refractivity (Wildman–Crippen MR) is 78.9 cm³/mol. The number of aliphatic imine (C=N–C) groups is 1. The molecule has 0 bridgehead atoms. The fourth-order valence-corrected chi connectivity index (χ4v) is 3.24. The fourth-order valence-electron chi connectivity index (χ4n) is 1.88. The molecule has 1 rings (SSSR count). The van der Waals surface area contributed by atoms with Gasteiger partial charge in [-0.1, -0.05) is 25.6 Å². The van der Waals surface area contributed by atoms with Gasteiger partial charge in [-0.15, -0.1) is 0 Å². The van der Waals surface area contributed by atoms with Gasteiger partial charge in [0.2, 0.25) is 0 Å². The van der Waals surface area contributed by atoms with Crippen molar-refractivity contribution < 1.29 is 0 Å². The first-order chi connectivity index (χ1) is 7.97. The van der Waals surface area contributed by atoms with E-state index in [4.69, 9.17) is 0 Å². The first-order valence-corrected chi connectivity index (χ1v) is 7.47. The first-order valence-electron chi connectivity index (χ1n) is 6.59. The van der Waals surface area contributed by atoms with Crippen molar-refractivity contribution >= 4 is 16.9 Å². The van der Waals surface area contributed by atoms with Crippen LogP contribution in [0.5, 0.6) is 0 Å². The van der Waals surface area contributed by atoms with E-state index in [1.54, 1.807) is 0 Å². The molecule has 0 aromatic rings. The Balaban J connectivity index is 2.20. The van der Waals surface area contributed by atoms with E-state index in [-0.39, 0.29) is 0 Å². The molecule has 0 aromatic carbocycles. The lowest BCUT2D eigenvalue weighted by atomic mass is 10.1. The smallest absolute Gasteiger partial charge is 0.157 e. The van der Waals surface area contributed by atoms with E-state index in [1.807, 2.05) is 11.8 Å². The second kappa shape index (κ2) is 7.27. The zero-order valence-electron chi connectivity index (χ0n) is 11.9. The topological polar surface area (TPSA) is 27.6 Å². The van der Waals surface area contributed by atoms with Crippen molar-refractivity contribution in [2.75, 3.05) is 27.2 Å². The number of thioether (sulfide) groups is 1. The summed E-state index contributed by atoms with van der Waals surface area (Å²) in [5, 5.41) is 5.37.